The minimum absolute atomic E-state index is 0.0660. The summed E-state index contributed by atoms with van der Waals surface area (Å²) in [6.07, 6.45) is 2.41. The van der Waals surface area contributed by atoms with Crippen molar-refractivity contribution in [2.24, 2.45) is 0 Å². The Bertz CT molecular complexity index is 628. The Kier molecular flexibility index (Phi) is 6.80. The number of benzene rings is 1. The van der Waals surface area contributed by atoms with Crippen molar-refractivity contribution in [3.05, 3.63) is 29.8 Å². The van der Waals surface area contributed by atoms with E-state index in [4.69, 9.17) is 9.84 Å². The lowest BCUT2D eigenvalue weighted by atomic mass is 10.2. The SMILES string of the molecule is CCOc1ccccc1C(=O)NCCCC(=O)N(CC(=O)O)C1CC1. The summed E-state index contributed by atoms with van der Waals surface area (Å²) in [6.45, 7) is 2.41. The third-order valence-corrected chi connectivity index (χ3v) is 3.90. The highest BCUT2D eigenvalue weighted by molar-refractivity contribution is 5.96. The van der Waals surface area contributed by atoms with E-state index in [-0.39, 0.29) is 30.8 Å². The number of hydrogen-bond donors (Lipinski definition) is 2. The van der Waals surface area contributed by atoms with Gasteiger partial charge in [0.25, 0.3) is 5.91 Å². The highest BCUT2D eigenvalue weighted by Gasteiger charge is 2.33. The first-order valence-electron chi connectivity index (χ1n) is 8.54. The number of aliphatic carboxylic acids is 1. The van der Waals surface area contributed by atoms with Crippen LogP contribution in [0.2, 0.25) is 0 Å². The fraction of sp³-hybridized carbons (Fsp3) is 0.500. The Balaban J connectivity index is 1.77. The van der Waals surface area contributed by atoms with Crippen molar-refractivity contribution in [2.75, 3.05) is 19.7 Å². The number of nitrogens with zero attached hydrogens (tertiary/aromatic N) is 1. The van der Waals surface area contributed by atoms with Gasteiger partial charge in [-0.05, 0) is 38.3 Å². The molecule has 1 aliphatic carbocycles. The fourth-order valence-corrected chi connectivity index (χ4v) is 2.57. The second kappa shape index (κ2) is 9.05. The average molecular weight is 348 g/mol. The van der Waals surface area contributed by atoms with Crippen LogP contribution in [0.4, 0.5) is 0 Å². The van der Waals surface area contributed by atoms with Crippen LogP contribution in [0, 0.1) is 0 Å². The molecule has 2 rings (SSSR count). The Labute approximate surface area is 147 Å². The van der Waals surface area contributed by atoms with Gasteiger partial charge in [0.05, 0.1) is 12.2 Å². The molecule has 1 fully saturated rings. The number of carbonyl (C=O) groups is 3. The van der Waals surface area contributed by atoms with E-state index < -0.39 is 5.97 Å². The van der Waals surface area contributed by atoms with Gasteiger partial charge in [-0.2, -0.15) is 0 Å². The first-order chi connectivity index (χ1) is 12.0. The maximum Gasteiger partial charge on any atom is 0.323 e. The van der Waals surface area contributed by atoms with Gasteiger partial charge >= 0.3 is 5.97 Å². The molecular formula is C18H24N2O5. The number of carboxylic acids is 1. The molecule has 7 nitrogen and oxygen atoms in total. The van der Waals surface area contributed by atoms with Gasteiger partial charge in [-0.1, -0.05) is 12.1 Å². The first kappa shape index (κ1) is 18.8. The van der Waals surface area contributed by atoms with Crippen molar-refractivity contribution in [1.82, 2.24) is 10.2 Å². The van der Waals surface area contributed by atoms with E-state index in [1.54, 1.807) is 24.3 Å². The predicted molar refractivity (Wildman–Crippen MR) is 91.5 cm³/mol. The summed E-state index contributed by atoms with van der Waals surface area (Å²) in [7, 11) is 0. The van der Waals surface area contributed by atoms with Gasteiger partial charge in [-0.15, -0.1) is 0 Å². The Hall–Kier alpha value is -2.57. The molecule has 0 spiro atoms. The van der Waals surface area contributed by atoms with Crippen LogP contribution in [0.3, 0.4) is 0 Å². The first-order valence-corrected chi connectivity index (χ1v) is 8.54. The van der Waals surface area contributed by atoms with Crippen LogP contribution in [0.1, 0.15) is 43.0 Å². The minimum atomic E-state index is -0.999. The van der Waals surface area contributed by atoms with Gasteiger partial charge in [-0.3, -0.25) is 14.4 Å². The topological polar surface area (TPSA) is 95.9 Å². The summed E-state index contributed by atoms with van der Waals surface area (Å²) in [5.74, 6) is -0.893. The third-order valence-electron chi connectivity index (χ3n) is 3.90. The van der Waals surface area contributed by atoms with Crippen LogP contribution in [0.15, 0.2) is 24.3 Å². The molecule has 0 radical (unpaired) electrons. The molecular weight excluding hydrogens is 324 g/mol. The van der Waals surface area contributed by atoms with Crippen LogP contribution in [0.5, 0.6) is 5.75 Å². The van der Waals surface area contributed by atoms with Gasteiger partial charge in [0.15, 0.2) is 0 Å². The molecule has 0 heterocycles. The van der Waals surface area contributed by atoms with Crippen molar-refractivity contribution >= 4 is 17.8 Å². The lowest BCUT2D eigenvalue weighted by Gasteiger charge is -2.20. The van der Waals surface area contributed by atoms with Crippen molar-refractivity contribution in [1.29, 1.82) is 0 Å². The van der Waals surface area contributed by atoms with Gasteiger partial charge in [0.2, 0.25) is 5.91 Å². The van der Waals surface area contributed by atoms with E-state index in [1.807, 2.05) is 6.92 Å². The number of rotatable bonds is 10. The van der Waals surface area contributed by atoms with Crippen LogP contribution >= 0.6 is 0 Å². The molecule has 0 bridgehead atoms. The number of nitrogens with one attached hydrogen (secondary N) is 1. The molecule has 7 heteroatoms. The molecule has 0 saturated heterocycles. The van der Waals surface area contributed by atoms with Crippen LogP contribution < -0.4 is 10.1 Å². The number of hydrogen-bond acceptors (Lipinski definition) is 4. The van der Waals surface area contributed by atoms with Crippen molar-refractivity contribution in [3.8, 4) is 5.75 Å². The molecule has 1 aromatic rings. The summed E-state index contributed by atoms with van der Waals surface area (Å²) in [5, 5.41) is 11.7. The second-order valence-corrected chi connectivity index (χ2v) is 5.94. The number of carboxylic acid groups (broad SMARTS) is 1. The molecule has 1 aliphatic rings. The summed E-state index contributed by atoms with van der Waals surface area (Å²) in [5.41, 5.74) is 0.459. The molecule has 25 heavy (non-hydrogen) atoms. The molecule has 0 aliphatic heterocycles. The normalized spacial score (nSPS) is 13.2. The van der Waals surface area contributed by atoms with E-state index in [1.165, 1.54) is 4.90 Å². The smallest absolute Gasteiger partial charge is 0.323 e. The molecule has 2 N–H and O–H groups in total. The van der Waals surface area contributed by atoms with E-state index in [0.29, 0.717) is 30.9 Å². The van der Waals surface area contributed by atoms with Gasteiger partial charge in [-0.25, -0.2) is 0 Å². The molecule has 1 aromatic carbocycles. The van der Waals surface area contributed by atoms with Crippen LogP contribution in [-0.2, 0) is 9.59 Å². The zero-order valence-electron chi connectivity index (χ0n) is 14.4. The second-order valence-electron chi connectivity index (χ2n) is 5.94. The zero-order chi connectivity index (χ0) is 18.2. The average Bonchev–Trinajstić information content (AvgIpc) is 3.41. The zero-order valence-corrected chi connectivity index (χ0v) is 14.4. The Morgan fingerprint density at radius 1 is 1.28 bits per heavy atom. The quantitative estimate of drug-likeness (QED) is 0.627. The lowest BCUT2D eigenvalue weighted by molar-refractivity contribution is -0.144. The summed E-state index contributed by atoms with van der Waals surface area (Å²) in [6, 6.07) is 7.06. The number of amides is 2. The van der Waals surface area contributed by atoms with Gasteiger partial charge < -0.3 is 20.1 Å². The largest absolute Gasteiger partial charge is 0.493 e. The molecule has 2 amide bonds. The minimum Gasteiger partial charge on any atom is -0.493 e. The Morgan fingerprint density at radius 2 is 2.00 bits per heavy atom. The van der Waals surface area contributed by atoms with Crippen molar-refractivity contribution < 1.29 is 24.2 Å². The number of carbonyl (C=O) groups excluding carboxylic acids is 2. The van der Waals surface area contributed by atoms with Gasteiger partial charge in [0, 0.05) is 19.0 Å². The van der Waals surface area contributed by atoms with E-state index in [2.05, 4.69) is 5.32 Å². The summed E-state index contributed by atoms with van der Waals surface area (Å²) >= 11 is 0. The molecule has 0 aromatic heterocycles. The predicted octanol–water partition coefficient (Wildman–Crippen LogP) is 1.67. The van der Waals surface area contributed by atoms with E-state index >= 15 is 0 Å². The van der Waals surface area contributed by atoms with E-state index in [9.17, 15) is 14.4 Å². The molecule has 0 unspecified atom stereocenters. The Morgan fingerprint density at radius 3 is 2.64 bits per heavy atom. The van der Waals surface area contributed by atoms with Crippen LogP contribution in [0.25, 0.3) is 0 Å². The monoisotopic (exact) mass is 348 g/mol. The van der Waals surface area contributed by atoms with Crippen molar-refractivity contribution in [3.63, 3.8) is 0 Å². The maximum atomic E-state index is 12.2. The lowest BCUT2D eigenvalue weighted by Crippen LogP contribution is -2.37. The summed E-state index contributed by atoms with van der Waals surface area (Å²) in [4.78, 5) is 36.6. The van der Waals surface area contributed by atoms with Crippen LogP contribution in [-0.4, -0.2) is 53.5 Å². The standard InChI is InChI=1S/C18H24N2O5/c1-2-25-15-7-4-3-6-14(15)18(24)19-11-5-8-16(21)20(12-17(22)23)13-9-10-13/h3-4,6-7,13H,2,5,8-12H2,1H3,(H,19,24)(H,22,23). The number of ether oxygens (including phenoxy) is 1. The molecule has 136 valence electrons. The molecule has 1 saturated carbocycles. The van der Waals surface area contributed by atoms with E-state index in [0.717, 1.165) is 12.8 Å². The highest BCUT2D eigenvalue weighted by atomic mass is 16.5. The van der Waals surface area contributed by atoms with Gasteiger partial charge in [0.1, 0.15) is 12.3 Å². The molecule has 0 atom stereocenters. The maximum absolute atomic E-state index is 12.2. The van der Waals surface area contributed by atoms with Crippen molar-refractivity contribution in [2.45, 2.75) is 38.6 Å². The summed E-state index contributed by atoms with van der Waals surface area (Å²) < 4.78 is 5.43. The number of para-hydroxylation sites is 1. The third kappa shape index (κ3) is 5.77. The highest BCUT2D eigenvalue weighted by Crippen LogP contribution is 2.27. The fourth-order valence-electron chi connectivity index (χ4n) is 2.57.